The fraction of sp³-hybridized carbons (Fsp3) is 0.812. The number of piperidine rings is 1. The molecule has 0 spiro atoms. The van der Waals surface area contributed by atoms with Gasteiger partial charge in [-0.05, 0) is 58.0 Å². The van der Waals surface area contributed by atoms with E-state index in [-0.39, 0.29) is 5.91 Å². The van der Waals surface area contributed by atoms with Crippen LogP contribution in [-0.2, 0) is 9.53 Å². The first-order valence-electron chi connectivity index (χ1n) is 8.11. The number of hydrogen-bond donors (Lipinski definition) is 2. The summed E-state index contributed by atoms with van der Waals surface area (Å²) < 4.78 is 5.74. The summed E-state index contributed by atoms with van der Waals surface area (Å²) in [5, 5.41) is 6.30. The summed E-state index contributed by atoms with van der Waals surface area (Å²) in [6.07, 6.45) is 11.4. The van der Waals surface area contributed by atoms with Gasteiger partial charge in [0.2, 0.25) is 5.91 Å². The van der Waals surface area contributed by atoms with Gasteiger partial charge in [-0.1, -0.05) is 11.6 Å². The number of allylic oxidation sites excluding steroid dienone is 1. The summed E-state index contributed by atoms with van der Waals surface area (Å²) in [5.41, 5.74) is 1.52. The highest BCUT2D eigenvalue weighted by molar-refractivity contribution is 5.75. The van der Waals surface area contributed by atoms with Crippen molar-refractivity contribution in [1.29, 1.82) is 0 Å². The van der Waals surface area contributed by atoms with Crippen LogP contribution in [0.1, 0.15) is 51.4 Å². The Kier molecular flexibility index (Phi) is 7.09. The first kappa shape index (κ1) is 15.5. The lowest BCUT2D eigenvalue weighted by atomic mass is 9.97. The monoisotopic (exact) mass is 280 g/mol. The normalized spacial score (nSPS) is 20.5. The standard InChI is InChI=1S/C16H28N2O2/c19-16(9-13-20-15-7-10-17-11-8-15)18-12-6-14-4-2-1-3-5-14/h4,15,17H,1-3,5-13H2,(H,18,19). The van der Waals surface area contributed by atoms with Gasteiger partial charge in [-0.3, -0.25) is 4.79 Å². The molecular weight excluding hydrogens is 252 g/mol. The number of rotatable bonds is 7. The van der Waals surface area contributed by atoms with Crippen LogP contribution in [0.5, 0.6) is 0 Å². The molecule has 0 bridgehead atoms. The minimum atomic E-state index is 0.121. The zero-order valence-corrected chi connectivity index (χ0v) is 12.5. The van der Waals surface area contributed by atoms with Crippen LogP contribution in [0.4, 0.5) is 0 Å². The van der Waals surface area contributed by atoms with Crippen LogP contribution >= 0.6 is 0 Å². The minimum absolute atomic E-state index is 0.121. The van der Waals surface area contributed by atoms with E-state index in [4.69, 9.17) is 4.74 Å². The van der Waals surface area contributed by atoms with Crippen molar-refractivity contribution in [2.45, 2.75) is 57.5 Å². The Bertz CT molecular complexity index is 322. The number of carbonyl (C=O) groups excluding carboxylic acids is 1. The molecular formula is C16H28N2O2. The highest BCUT2D eigenvalue weighted by Crippen LogP contribution is 2.19. The Morgan fingerprint density at radius 2 is 2.20 bits per heavy atom. The van der Waals surface area contributed by atoms with E-state index < -0.39 is 0 Å². The lowest BCUT2D eigenvalue weighted by Crippen LogP contribution is -2.33. The van der Waals surface area contributed by atoms with E-state index in [2.05, 4.69) is 16.7 Å². The van der Waals surface area contributed by atoms with Crippen LogP contribution in [0.15, 0.2) is 11.6 Å². The van der Waals surface area contributed by atoms with Crippen LogP contribution < -0.4 is 10.6 Å². The maximum atomic E-state index is 11.7. The second kappa shape index (κ2) is 9.14. The highest BCUT2D eigenvalue weighted by Gasteiger charge is 2.13. The van der Waals surface area contributed by atoms with E-state index in [9.17, 15) is 4.79 Å². The van der Waals surface area contributed by atoms with Gasteiger partial charge in [0.05, 0.1) is 12.7 Å². The maximum absolute atomic E-state index is 11.7. The Morgan fingerprint density at radius 1 is 1.35 bits per heavy atom. The molecule has 2 N–H and O–H groups in total. The van der Waals surface area contributed by atoms with Gasteiger partial charge < -0.3 is 15.4 Å². The fourth-order valence-electron chi connectivity index (χ4n) is 2.86. The number of hydrogen-bond acceptors (Lipinski definition) is 3. The summed E-state index contributed by atoms with van der Waals surface area (Å²) in [4.78, 5) is 11.7. The van der Waals surface area contributed by atoms with Gasteiger partial charge in [0.25, 0.3) is 0 Å². The minimum Gasteiger partial charge on any atom is -0.378 e. The van der Waals surface area contributed by atoms with Crippen molar-refractivity contribution >= 4 is 5.91 Å². The van der Waals surface area contributed by atoms with Crippen LogP contribution in [0.25, 0.3) is 0 Å². The summed E-state index contributed by atoms with van der Waals surface area (Å²) in [5.74, 6) is 0.121. The molecule has 1 aliphatic heterocycles. The average Bonchev–Trinajstić information content (AvgIpc) is 2.49. The van der Waals surface area contributed by atoms with Crippen LogP contribution in [0, 0.1) is 0 Å². The molecule has 1 heterocycles. The predicted molar refractivity (Wildman–Crippen MR) is 80.6 cm³/mol. The van der Waals surface area contributed by atoms with E-state index in [1.165, 1.54) is 31.3 Å². The number of amides is 1. The topological polar surface area (TPSA) is 50.4 Å². The van der Waals surface area contributed by atoms with Crippen LogP contribution in [0.2, 0.25) is 0 Å². The zero-order chi connectivity index (χ0) is 14.0. The molecule has 1 amide bonds. The Hall–Kier alpha value is -0.870. The van der Waals surface area contributed by atoms with E-state index in [1.807, 2.05) is 0 Å². The molecule has 114 valence electrons. The van der Waals surface area contributed by atoms with Crippen molar-refractivity contribution in [3.63, 3.8) is 0 Å². The molecule has 1 aliphatic carbocycles. The molecule has 4 heteroatoms. The summed E-state index contributed by atoms with van der Waals surface area (Å²) in [7, 11) is 0. The van der Waals surface area contributed by atoms with Gasteiger partial charge in [0.1, 0.15) is 0 Å². The summed E-state index contributed by atoms with van der Waals surface area (Å²) >= 11 is 0. The molecule has 4 nitrogen and oxygen atoms in total. The summed E-state index contributed by atoms with van der Waals surface area (Å²) in [6.45, 7) is 3.40. The van der Waals surface area contributed by atoms with Gasteiger partial charge in [0, 0.05) is 13.0 Å². The van der Waals surface area contributed by atoms with Gasteiger partial charge in [-0.15, -0.1) is 0 Å². The largest absolute Gasteiger partial charge is 0.378 e. The van der Waals surface area contributed by atoms with E-state index in [1.54, 1.807) is 0 Å². The fourth-order valence-corrected chi connectivity index (χ4v) is 2.86. The first-order chi connectivity index (χ1) is 9.84. The molecule has 0 aromatic heterocycles. The predicted octanol–water partition coefficient (Wildman–Crippen LogP) is 2.15. The Labute approximate surface area is 122 Å². The van der Waals surface area contributed by atoms with Gasteiger partial charge in [0.15, 0.2) is 0 Å². The Balaban J connectivity index is 1.48. The van der Waals surface area contributed by atoms with Crippen molar-refractivity contribution in [2.24, 2.45) is 0 Å². The SMILES string of the molecule is O=C(CCOC1CCNCC1)NCCC1=CCCCC1. The lowest BCUT2D eigenvalue weighted by molar-refractivity contribution is -0.122. The molecule has 0 unspecified atom stereocenters. The van der Waals surface area contributed by atoms with Crippen LogP contribution in [0.3, 0.4) is 0 Å². The quantitative estimate of drug-likeness (QED) is 0.703. The van der Waals surface area contributed by atoms with Crippen LogP contribution in [-0.4, -0.2) is 38.3 Å². The molecule has 0 radical (unpaired) electrons. The third kappa shape index (κ3) is 6.06. The molecule has 2 aliphatic rings. The van der Waals surface area contributed by atoms with Gasteiger partial charge >= 0.3 is 0 Å². The molecule has 1 saturated heterocycles. The average molecular weight is 280 g/mol. The third-order valence-electron chi connectivity index (χ3n) is 4.12. The molecule has 0 atom stereocenters. The van der Waals surface area contributed by atoms with Crippen molar-refractivity contribution in [1.82, 2.24) is 10.6 Å². The first-order valence-corrected chi connectivity index (χ1v) is 8.11. The lowest BCUT2D eigenvalue weighted by Gasteiger charge is -2.22. The summed E-state index contributed by atoms with van der Waals surface area (Å²) in [6, 6.07) is 0. The van der Waals surface area contributed by atoms with Crippen molar-refractivity contribution in [3.8, 4) is 0 Å². The molecule has 0 saturated carbocycles. The molecule has 1 fully saturated rings. The second-order valence-corrected chi connectivity index (χ2v) is 5.78. The highest BCUT2D eigenvalue weighted by atomic mass is 16.5. The van der Waals surface area contributed by atoms with Crippen molar-refractivity contribution in [3.05, 3.63) is 11.6 Å². The van der Waals surface area contributed by atoms with E-state index in [0.29, 0.717) is 19.1 Å². The Morgan fingerprint density at radius 3 is 2.95 bits per heavy atom. The zero-order valence-electron chi connectivity index (χ0n) is 12.5. The van der Waals surface area contributed by atoms with Crippen molar-refractivity contribution < 1.29 is 9.53 Å². The number of nitrogens with one attached hydrogen (secondary N) is 2. The third-order valence-corrected chi connectivity index (χ3v) is 4.12. The smallest absolute Gasteiger partial charge is 0.222 e. The van der Waals surface area contributed by atoms with Gasteiger partial charge in [-0.2, -0.15) is 0 Å². The van der Waals surface area contributed by atoms with Gasteiger partial charge in [-0.25, -0.2) is 0 Å². The molecule has 20 heavy (non-hydrogen) atoms. The maximum Gasteiger partial charge on any atom is 0.222 e. The number of carbonyl (C=O) groups is 1. The molecule has 2 rings (SSSR count). The molecule has 0 aromatic carbocycles. The van der Waals surface area contributed by atoms with E-state index in [0.717, 1.165) is 38.9 Å². The number of ether oxygens (including phenoxy) is 1. The van der Waals surface area contributed by atoms with Crippen molar-refractivity contribution in [2.75, 3.05) is 26.2 Å². The van der Waals surface area contributed by atoms with E-state index >= 15 is 0 Å². The molecule has 0 aromatic rings. The second-order valence-electron chi connectivity index (χ2n) is 5.78.